The number of benzene rings is 1. The van der Waals surface area contributed by atoms with Crippen molar-refractivity contribution in [2.24, 2.45) is 5.73 Å². The molecule has 0 spiro atoms. The molecule has 0 saturated heterocycles. The van der Waals surface area contributed by atoms with Crippen LogP contribution >= 0.6 is 0 Å². The Labute approximate surface area is 126 Å². The second-order valence-corrected chi connectivity index (χ2v) is 5.77. The van der Waals surface area contributed by atoms with Crippen LogP contribution < -0.4 is 20.5 Å². The fourth-order valence-corrected chi connectivity index (χ4v) is 1.73. The summed E-state index contributed by atoms with van der Waals surface area (Å²) in [6, 6.07) is 5.39. The number of hydrogen-bond acceptors (Lipinski definition) is 4. The molecule has 1 atom stereocenters. The van der Waals surface area contributed by atoms with Crippen molar-refractivity contribution in [1.29, 1.82) is 0 Å². The van der Waals surface area contributed by atoms with Gasteiger partial charge in [-0.1, -0.05) is 13.0 Å². The van der Waals surface area contributed by atoms with Crippen LogP contribution in [0.15, 0.2) is 18.2 Å². The van der Waals surface area contributed by atoms with Gasteiger partial charge in [0.2, 0.25) is 0 Å². The molecule has 1 amide bonds. The summed E-state index contributed by atoms with van der Waals surface area (Å²) in [5, 5.41) is 2.92. The predicted molar refractivity (Wildman–Crippen MR) is 83.6 cm³/mol. The van der Waals surface area contributed by atoms with E-state index < -0.39 is 0 Å². The van der Waals surface area contributed by atoms with Crippen molar-refractivity contribution in [3.8, 4) is 11.5 Å². The first-order chi connectivity index (χ1) is 9.79. The van der Waals surface area contributed by atoms with Gasteiger partial charge >= 0.3 is 0 Å². The highest BCUT2D eigenvalue weighted by Gasteiger charge is 2.18. The van der Waals surface area contributed by atoms with E-state index in [1.807, 2.05) is 39.8 Å². The number of hydrogen-bond donors (Lipinski definition) is 2. The van der Waals surface area contributed by atoms with E-state index in [0.29, 0.717) is 11.5 Å². The van der Waals surface area contributed by atoms with Crippen molar-refractivity contribution in [3.63, 3.8) is 0 Å². The van der Waals surface area contributed by atoms with E-state index in [4.69, 9.17) is 15.2 Å². The minimum atomic E-state index is -0.233. The van der Waals surface area contributed by atoms with Crippen molar-refractivity contribution in [2.45, 2.75) is 45.7 Å². The summed E-state index contributed by atoms with van der Waals surface area (Å²) in [4.78, 5) is 11.9. The number of carbonyl (C=O) groups is 1. The summed E-state index contributed by atoms with van der Waals surface area (Å²) in [6.07, 6.45) is 0.852. The predicted octanol–water partition coefficient (Wildman–Crippen LogP) is 2.40. The molecule has 118 valence electrons. The molecule has 0 aliphatic carbocycles. The highest BCUT2D eigenvalue weighted by molar-refractivity contribution is 5.78. The van der Waals surface area contributed by atoms with E-state index in [0.717, 1.165) is 12.0 Å². The quantitative estimate of drug-likeness (QED) is 0.810. The van der Waals surface area contributed by atoms with Crippen molar-refractivity contribution < 1.29 is 14.3 Å². The molecule has 0 radical (unpaired) electrons. The Morgan fingerprint density at radius 1 is 1.38 bits per heavy atom. The van der Waals surface area contributed by atoms with Gasteiger partial charge in [-0.15, -0.1) is 0 Å². The maximum atomic E-state index is 11.9. The van der Waals surface area contributed by atoms with Gasteiger partial charge in [0, 0.05) is 11.6 Å². The average Bonchev–Trinajstić information content (AvgIpc) is 2.44. The molecule has 0 saturated carbocycles. The Hall–Kier alpha value is -1.75. The lowest BCUT2D eigenvalue weighted by molar-refractivity contribution is -0.124. The molecule has 0 aliphatic heterocycles. The van der Waals surface area contributed by atoms with Crippen LogP contribution in [0.3, 0.4) is 0 Å². The molecule has 0 bridgehead atoms. The number of carbonyl (C=O) groups excluding carboxylic acids is 1. The summed E-state index contributed by atoms with van der Waals surface area (Å²) >= 11 is 0. The molecule has 5 nitrogen and oxygen atoms in total. The highest BCUT2D eigenvalue weighted by Crippen LogP contribution is 2.29. The average molecular weight is 294 g/mol. The number of rotatable bonds is 7. The lowest BCUT2D eigenvalue weighted by atomic mass is 10.0. The third-order valence-corrected chi connectivity index (χ3v) is 3.43. The van der Waals surface area contributed by atoms with Gasteiger partial charge in [0.15, 0.2) is 18.1 Å². The van der Waals surface area contributed by atoms with Crippen LogP contribution in [0.5, 0.6) is 11.5 Å². The number of methoxy groups -OCH3 is 1. The van der Waals surface area contributed by atoms with Crippen LogP contribution in [0.2, 0.25) is 0 Å². The van der Waals surface area contributed by atoms with Crippen LogP contribution in [0.1, 0.15) is 45.7 Å². The normalized spacial score (nSPS) is 12.7. The van der Waals surface area contributed by atoms with Crippen LogP contribution in [0.25, 0.3) is 0 Å². The Kier molecular flexibility index (Phi) is 6.03. The van der Waals surface area contributed by atoms with E-state index >= 15 is 0 Å². The van der Waals surface area contributed by atoms with Crippen molar-refractivity contribution >= 4 is 5.91 Å². The molecule has 0 fully saturated rings. The lowest BCUT2D eigenvalue weighted by Gasteiger charge is -2.24. The molecule has 1 aromatic rings. The first-order valence-corrected chi connectivity index (χ1v) is 7.16. The van der Waals surface area contributed by atoms with Gasteiger partial charge in [0.1, 0.15) is 0 Å². The lowest BCUT2D eigenvalue weighted by Crippen LogP contribution is -2.44. The largest absolute Gasteiger partial charge is 0.493 e. The van der Waals surface area contributed by atoms with Gasteiger partial charge in [-0.25, -0.2) is 0 Å². The second-order valence-electron chi connectivity index (χ2n) is 5.77. The number of nitrogens with one attached hydrogen (secondary N) is 1. The number of amides is 1. The Morgan fingerprint density at radius 3 is 2.57 bits per heavy atom. The molecule has 21 heavy (non-hydrogen) atoms. The van der Waals surface area contributed by atoms with Gasteiger partial charge in [0.25, 0.3) is 5.91 Å². The summed E-state index contributed by atoms with van der Waals surface area (Å²) in [6.45, 7) is 7.83. The number of ether oxygens (including phenoxy) is 2. The van der Waals surface area contributed by atoms with E-state index in [1.54, 1.807) is 13.2 Å². The van der Waals surface area contributed by atoms with Gasteiger partial charge in [0.05, 0.1) is 7.11 Å². The Balaban J connectivity index is 2.69. The van der Waals surface area contributed by atoms with Gasteiger partial charge in [-0.2, -0.15) is 0 Å². The molecule has 1 rings (SSSR count). The van der Waals surface area contributed by atoms with Crippen LogP contribution in [0, 0.1) is 0 Å². The summed E-state index contributed by atoms with van der Waals surface area (Å²) in [5.74, 6) is 0.957. The summed E-state index contributed by atoms with van der Waals surface area (Å²) in [7, 11) is 1.56. The van der Waals surface area contributed by atoms with Crippen LogP contribution in [-0.2, 0) is 4.79 Å². The minimum absolute atomic E-state index is 0.0443. The highest BCUT2D eigenvalue weighted by atomic mass is 16.5. The maximum absolute atomic E-state index is 11.9. The molecule has 0 aliphatic rings. The fraction of sp³-hybridized carbons (Fsp3) is 0.562. The van der Waals surface area contributed by atoms with Gasteiger partial charge in [-0.05, 0) is 44.9 Å². The zero-order valence-corrected chi connectivity index (χ0v) is 13.5. The zero-order valence-electron chi connectivity index (χ0n) is 13.5. The standard InChI is InChI=1S/C16H26N2O3/c1-6-16(3,4)18-15(19)10-21-13-8-7-12(11(2)17)9-14(13)20-5/h7-9,11H,6,10,17H2,1-5H3,(H,18,19). The monoisotopic (exact) mass is 294 g/mol. The van der Waals surface area contributed by atoms with E-state index in [2.05, 4.69) is 5.32 Å². The number of nitrogens with two attached hydrogens (primary N) is 1. The van der Waals surface area contributed by atoms with Crippen molar-refractivity contribution in [3.05, 3.63) is 23.8 Å². The summed E-state index contributed by atoms with van der Waals surface area (Å²) < 4.78 is 10.8. The summed E-state index contributed by atoms with van der Waals surface area (Å²) in [5.41, 5.74) is 6.56. The van der Waals surface area contributed by atoms with E-state index in [1.165, 1.54) is 0 Å². The van der Waals surface area contributed by atoms with Crippen LogP contribution in [-0.4, -0.2) is 25.2 Å². The van der Waals surface area contributed by atoms with Crippen molar-refractivity contribution in [2.75, 3.05) is 13.7 Å². The molecule has 1 unspecified atom stereocenters. The third-order valence-electron chi connectivity index (χ3n) is 3.43. The fourth-order valence-electron chi connectivity index (χ4n) is 1.73. The first-order valence-electron chi connectivity index (χ1n) is 7.16. The minimum Gasteiger partial charge on any atom is -0.493 e. The smallest absolute Gasteiger partial charge is 0.258 e. The Bertz CT molecular complexity index is 484. The third kappa shape index (κ3) is 5.27. The second kappa shape index (κ2) is 7.31. The molecular weight excluding hydrogens is 268 g/mol. The first kappa shape index (κ1) is 17.3. The maximum Gasteiger partial charge on any atom is 0.258 e. The molecule has 0 aromatic heterocycles. The SMILES string of the molecule is CCC(C)(C)NC(=O)COc1ccc(C(C)N)cc1OC. The van der Waals surface area contributed by atoms with E-state index in [9.17, 15) is 4.79 Å². The zero-order chi connectivity index (χ0) is 16.0. The van der Waals surface area contributed by atoms with E-state index in [-0.39, 0.29) is 24.1 Å². The van der Waals surface area contributed by atoms with Gasteiger partial charge in [-0.3, -0.25) is 4.79 Å². The van der Waals surface area contributed by atoms with Crippen LogP contribution in [0.4, 0.5) is 0 Å². The van der Waals surface area contributed by atoms with Gasteiger partial charge < -0.3 is 20.5 Å². The molecule has 0 heterocycles. The Morgan fingerprint density at radius 2 is 2.05 bits per heavy atom. The molecular formula is C16H26N2O3. The molecule has 5 heteroatoms. The molecule has 3 N–H and O–H groups in total. The topological polar surface area (TPSA) is 73.6 Å². The van der Waals surface area contributed by atoms with Crippen molar-refractivity contribution in [1.82, 2.24) is 5.32 Å². The molecule has 1 aromatic carbocycles.